The van der Waals surface area contributed by atoms with Gasteiger partial charge in [-0.15, -0.1) is 11.3 Å². The van der Waals surface area contributed by atoms with Crippen molar-refractivity contribution in [2.45, 2.75) is 19.4 Å². The molecule has 0 fully saturated rings. The Morgan fingerprint density at radius 2 is 2.11 bits per heavy atom. The van der Waals surface area contributed by atoms with Crippen LogP contribution in [0.25, 0.3) is 0 Å². The number of carbonyl (C=O) groups is 1. The zero-order valence-electron chi connectivity index (χ0n) is 10.1. The van der Waals surface area contributed by atoms with E-state index in [2.05, 4.69) is 10.3 Å². The number of thiazole rings is 1. The van der Waals surface area contributed by atoms with Gasteiger partial charge in [-0.2, -0.15) is 0 Å². The summed E-state index contributed by atoms with van der Waals surface area (Å²) in [6, 6.07) is 7.60. The van der Waals surface area contributed by atoms with Crippen molar-refractivity contribution in [2.24, 2.45) is 0 Å². The molecule has 0 saturated carbocycles. The first-order valence-electron chi connectivity index (χ1n) is 5.78. The molecule has 1 aromatic heterocycles. The number of rotatable bonds is 6. The van der Waals surface area contributed by atoms with Crippen molar-refractivity contribution in [3.63, 3.8) is 0 Å². The number of benzene rings is 1. The number of carboxylic acids is 1. The molecule has 0 amide bonds. The van der Waals surface area contributed by atoms with Crippen molar-refractivity contribution >= 4 is 34.0 Å². The van der Waals surface area contributed by atoms with Crippen LogP contribution in [0.3, 0.4) is 0 Å². The van der Waals surface area contributed by atoms with Crippen molar-refractivity contribution in [2.75, 3.05) is 5.32 Å². The Bertz CT molecular complexity index is 554. The molecule has 0 atom stereocenters. The van der Waals surface area contributed by atoms with E-state index in [1.807, 2.05) is 29.6 Å². The van der Waals surface area contributed by atoms with E-state index in [1.54, 1.807) is 0 Å². The lowest BCUT2D eigenvalue weighted by Crippen LogP contribution is -2.00. The third-order valence-corrected chi connectivity index (χ3v) is 3.60. The molecule has 1 heterocycles. The van der Waals surface area contributed by atoms with Gasteiger partial charge < -0.3 is 10.4 Å². The molecule has 2 N–H and O–H groups in total. The summed E-state index contributed by atoms with van der Waals surface area (Å²) in [6.45, 7) is 0.670. The molecule has 0 aliphatic rings. The topological polar surface area (TPSA) is 62.2 Å². The van der Waals surface area contributed by atoms with Gasteiger partial charge in [-0.05, 0) is 17.7 Å². The van der Waals surface area contributed by atoms with Crippen LogP contribution in [0.4, 0.5) is 5.13 Å². The highest BCUT2D eigenvalue weighted by Crippen LogP contribution is 2.18. The summed E-state index contributed by atoms with van der Waals surface area (Å²) in [7, 11) is 0. The van der Waals surface area contributed by atoms with Gasteiger partial charge in [0.15, 0.2) is 5.13 Å². The molecule has 0 aliphatic heterocycles. The minimum atomic E-state index is -0.802. The van der Waals surface area contributed by atoms with E-state index in [4.69, 9.17) is 16.7 Å². The zero-order chi connectivity index (χ0) is 13.7. The number of halogens is 1. The molecule has 6 heteroatoms. The fourth-order valence-corrected chi connectivity index (χ4v) is 2.39. The Kier molecular flexibility index (Phi) is 4.76. The van der Waals surface area contributed by atoms with Crippen LogP contribution in [0.5, 0.6) is 0 Å². The smallest absolute Gasteiger partial charge is 0.303 e. The lowest BCUT2D eigenvalue weighted by atomic mass is 10.2. The Hall–Kier alpha value is -1.59. The lowest BCUT2D eigenvalue weighted by molar-refractivity contribution is -0.136. The molecule has 0 unspecified atom stereocenters. The van der Waals surface area contributed by atoms with Gasteiger partial charge in [0.2, 0.25) is 0 Å². The second-order valence-corrected chi connectivity index (χ2v) is 5.31. The van der Waals surface area contributed by atoms with Crippen LogP contribution in [0.15, 0.2) is 29.6 Å². The SMILES string of the molecule is O=C(O)CCc1csc(NCc2ccc(Cl)cc2)n1. The molecule has 2 aromatic rings. The van der Waals surface area contributed by atoms with Crippen LogP contribution in [-0.2, 0) is 17.8 Å². The van der Waals surface area contributed by atoms with Crippen LogP contribution in [0.2, 0.25) is 5.02 Å². The van der Waals surface area contributed by atoms with Crippen molar-refractivity contribution in [3.8, 4) is 0 Å². The second-order valence-electron chi connectivity index (χ2n) is 4.02. The van der Waals surface area contributed by atoms with Gasteiger partial charge in [0.25, 0.3) is 0 Å². The average Bonchev–Trinajstić information content (AvgIpc) is 2.84. The molecule has 19 heavy (non-hydrogen) atoms. The first-order chi connectivity index (χ1) is 9.13. The summed E-state index contributed by atoms with van der Waals surface area (Å²) >= 11 is 7.30. The molecule has 0 spiro atoms. The fraction of sp³-hybridized carbons (Fsp3) is 0.231. The largest absolute Gasteiger partial charge is 0.481 e. The molecule has 4 nitrogen and oxygen atoms in total. The Morgan fingerprint density at radius 1 is 1.37 bits per heavy atom. The Labute approximate surface area is 120 Å². The highest BCUT2D eigenvalue weighted by Gasteiger charge is 2.04. The first kappa shape index (κ1) is 13.8. The predicted octanol–water partition coefficient (Wildman–Crippen LogP) is 3.43. The van der Waals surface area contributed by atoms with Gasteiger partial charge in [0.1, 0.15) is 0 Å². The predicted molar refractivity (Wildman–Crippen MR) is 76.8 cm³/mol. The van der Waals surface area contributed by atoms with Gasteiger partial charge in [-0.1, -0.05) is 23.7 Å². The number of hydrogen-bond donors (Lipinski definition) is 2. The minimum absolute atomic E-state index is 0.111. The Balaban J connectivity index is 1.86. The summed E-state index contributed by atoms with van der Waals surface area (Å²) in [6.07, 6.45) is 0.578. The van der Waals surface area contributed by atoms with Gasteiger partial charge in [0.05, 0.1) is 12.1 Å². The summed E-state index contributed by atoms with van der Waals surface area (Å²) in [5.41, 5.74) is 1.93. The van der Waals surface area contributed by atoms with E-state index in [1.165, 1.54) is 11.3 Å². The summed E-state index contributed by atoms with van der Waals surface area (Å²) in [5, 5.41) is 15.2. The van der Waals surface area contributed by atoms with Crippen molar-refractivity contribution in [1.29, 1.82) is 0 Å². The molecule has 100 valence electrons. The first-order valence-corrected chi connectivity index (χ1v) is 7.04. The minimum Gasteiger partial charge on any atom is -0.481 e. The highest BCUT2D eigenvalue weighted by molar-refractivity contribution is 7.13. The van der Waals surface area contributed by atoms with Crippen molar-refractivity contribution in [1.82, 2.24) is 4.98 Å². The second kappa shape index (κ2) is 6.54. The van der Waals surface area contributed by atoms with E-state index in [0.717, 1.165) is 16.4 Å². The summed E-state index contributed by atoms with van der Waals surface area (Å²) in [5.74, 6) is -0.802. The molecule has 0 bridgehead atoms. The molecule has 2 rings (SSSR count). The third-order valence-electron chi connectivity index (χ3n) is 2.50. The molecular formula is C13H13ClN2O2S. The van der Waals surface area contributed by atoms with Crippen molar-refractivity contribution in [3.05, 3.63) is 45.9 Å². The number of hydrogen-bond acceptors (Lipinski definition) is 4. The normalized spacial score (nSPS) is 10.4. The maximum absolute atomic E-state index is 10.5. The lowest BCUT2D eigenvalue weighted by Gasteiger charge is -2.02. The summed E-state index contributed by atoms with van der Waals surface area (Å²) < 4.78 is 0. The Morgan fingerprint density at radius 3 is 2.79 bits per heavy atom. The monoisotopic (exact) mass is 296 g/mol. The number of anilines is 1. The van der Waals surface area contributed by atoms with E-state index in [9.17, 15) is 4.79 Å². The van der Waals surface area contributed by atoms with Crippen LogP contribution in [-0.4, -0.2) is 16.1 Å². The molecule has 1 aromatic carbocycles. The van der Waals surface area contributed by atoms with Gasteiger partial charge in [0, 0.05) is 23.4 Å². The van der Waals surface area contributed by atoms with E-state index in [0.29, 0.717) is 18.0 Å². The van der Waals surface area contributed by atoms with Crippen LogP contribution in [0.1, 0.15) is 17.7 Å². The maximum Gasteiger partial charge on any atom is 0.303 e. The standard InChI is InChI=1S/C13H13ClN2O2S/c14-10-3-1-9(2-4-10)7-15-13-16-11(8-19-13)5-6-12(17)18/h1-4,8H,5-7H2,(H,15,16)(H,17,18). The molecule has 0 aliphatic carbocycles. The van der Waals surface area contributed by atoms with E-state index >= 15 is 0 Å². The molecular weight excluding hydrogens is 284 g/mol. The number of nitrogens with zero attached hydrogens (tertiary/aromatic N) is 1. The quantitative estimate of drug-likeness (QED) is 0.857. The van der Waals surface area contributed by atoms with E-state index < -0.39 is 5.97 Å². The fourth-order valence-electron chi connectivity index (χ4n) is 1.52. The van der Waals surface area contributed by atoms with Gasteiger partial charge >= 0.3 is 5.97 Å². The highest BCUT2D eigenvalue weighted by atomic mass is 35.5. The van der Waals surface area contributed by atoms with Crippen LogP contribution < -0.4 is 5.32 Å². The van der Waals surface area contributed by atoms with Gasteiger partial charge in [-0.25, -0.2) is 4.98 Å². The van der Waals surface area contributed by atoms with Crippen LogP contribution >= 0.6 is 22.9 Å². The zero-order valence-corrected chi connectivity index (χ0v) is 11.7. The van der Waals surface area contributed by atoms with Gasteiger partial charge in [-0.3, -0.25) is 4.79 Å². The number of aromatic nitrogens is 1. The van der Waals surface area contributed by atoms with E-state index in [-0.39, 0.29) is 6.42 Å². The number of nitrogens with one attached hydrogen (secondary N) is 1. The number of carboxylic acid groups (broad SMARTS) is 1. The number of aryl methyl sites for hydroxylation is 1. The third kappa shape index (κ3) is 4.54. The van der Waals surface area contributed by atoms with Crippen molar-refractivity contribution < 1.29 is 9.90 Å². The maximum atomic E-state index is 10.5. The summed E-state index contributed by atoms with van der Waals surface area (Å²) in [4.78, 5) is 14.8. The van der Waals surface area contributed by atoms with Crippen LogP contribution in [0, 0.1) is 0 Å². The number of aliphatic carboxylic acids is 1. The average molecular weight is 297 g/mol. The molecule has 0 radical (unpaired) electrons. The molecule has 0 saturated heterocycles.